The summed E-state index contributed by atoms with van der Waals surface area (Å²) in [6.45, 7) is 0. The van der Waals surface area contributed by atoms with Crippen molar-refractivity contribution < 1.29 is 9.21 Å². The van der Waals surface area contributed by atoms with Gasteiger partial charge in [-0.1, -0.05) is 11.6 Å². The molecule has 1 aromatic heterocycles. The Morgan fingerprint density at radius 2 is 1.82 bits per heavy atom. The third-order valence-corrected chi connectivity index (χ3v) is 3.18. The Morgan fingerprint density at radius 1 is 1.12 bits per heavy atom. The summed E-state index contributed by atoms with van der Waals surface area (Å²) in [5.74, 6) is 1.51. The minimum Gasteiger partial charge on any atom is -0.453 e. The zero-order chi connectivity index (χ0) is 11.8. The van der Waals surface area contributed by atoms with Crippen LogP contribution in [-0.2, 0) is 0 Å². The molecule has 2 nitrogen and oxygen atoms in total. The van der Waals surface area contributed by atoms with E-state index in [-0.39, 0.29) is 11.7 Å². The van der Waals surface area contributed by atoms with Crippen molar-refractivity contribution >= 4 is 17.4 Å². The Bertz CT molecular complexity index is 550. The topological polar surface area (TPSA) is 30.2 Å². The minimum atomic E-state index is 0.130. The number of ketones is 1. The molecule has 1 aliphatic carbocycles. The first-order valence-corrected chi connectivity index (χ1v) is 6.02. The molecule has 0 amide bonds. The van der Waals surface area contributed by atoms with E-state index < -0.39 is 0 Å². The van der Waals surface area contributed by atoms with Crippen LogP contribution in [0.15, 0.2) is 40.8 Å². The summed E-state index contributed by atoms with van der Waals surface area (Å²) in [5, 5.41) is 0.689. The van der Waals surface area contributed by atoms with Gasteiger partial charge in [0.25, 0.3) is 0 Å². The van der Waals surface area contributed by atoms with E-state index in [0.717, 1.165) is 18.4 Å². The molecular formula is C14H11ClO2. The van der Waals surface area contributed by atoms with Crippen LogP contribution in [0.3, 0.4) is 0 Å². The highest BCUT2D eigenvalue weighted by Crippen LogP contribution is 2.34. The third kappa shape index (κ3) is 2.13. The molecule has 1 saturated carbocycles. The van der Waals surface area contributed by atoms with E-state index in [1.807, 2.05) is 30.3 Å². The molecule has 0 N–H and O–H groups in total. The second kappa shape index (κ2) is 4.04. The largest absolute Gasteiger partial charge is 0.453 e. The van der Waals surface area contributed by atoms with Crippen molar-refractivity contribution in [2.75, 3.05) is 0 Å². The molecule has 17 heavy (non-hydrogen) atoms. The van der Waals surface area contributed by atoms with Crippen LogP contribution in [0.4, 0.5) is 0 Å². The second-order valence-electron chi connectivity index (χ2n) is 4.31. The van der Waals surface area contributed by atoms with Gasteiger partial charge in [-0.25, -0.2) is 0 Å². The first-order valence-electron chi connectivity index (χ1n) is 5.64. The van der Waals surface area contributed by atoms with Crippen LogP contribution in [0, 0.1) is 5.92 Å². The highest BCUT2D eigenvalue weighted by Gasteiger charge is 2.32. The van der Waals surface area contributed by atoms with Crippen molar-refractivity contribution in [2.45, 2.75) is 12.8 Å². The summed E-state index contributed by atoms with van der Waals surface area (Å²) in [6.07, 6.45) is 1.99. The zero-order valence-electron chi connectivity index (χ0n) is 9.15. The van der Waals surface area contributed by atoms with Gasteiger partial charge >= 0.3 is 0 Å². The Hall–Kier alpha value is -1.54. The Morgan fingerprint density at radius 3 is 2.47 bits per heavy atom. The Kier molecular flexibility index (Phi) is 2.52. The van der Waals surface area contributed by atoms with Gasteiger partial charge in [0.1, 0.15) is 5.76 Å². The van der Waals surface area contributed by atoms with Crippen LogP contribution < -0.4 is 0 Å². The number of halogens is 1. The van der Waals surface area contributed by atoms with Crippen LogP contribution in [0.5, 0.6) is 0 Å². The van der Waals surface area contributed by atoms with Crippen molar-refractivity contribution in [3.8, 4) is 11.3 Å². The molecule has 86 valence electrons. The van der Waals surface area contributed by atoms with Gasteiger partial charge < -0.3 is 4.42 Å². The van der Waals surface area contributed by atoms with E-state index >= 15 is 0 Å². The SMILES string of the molecule is O=C(c1ccc(-c2ccc(Cl)cc2)o1)C1CC1. The quantitative estimate of drug-likeness (QED) is 0.760. The lowest BCUT2D eigenvalue weighted by Crippen LogP contribution is -1.98. The lowest BCUT2D eigenvalue weighted by Gasteiger charge is -1.97. The summed E-state index contributed by atoms with van der Waals surface area (Å²) < 4.78 is 5.58. The zero-order valence-corrected chi connectivity index (χ0v) is 9.91. The molecule has 0 unspecified atom stereocenters. The fourth-order valence-electron chi connectivity index (χ4n) is 1.79. The number of hydrogen-bond donors (Lipinski definition) is 0. The predicted molar refractivity (Wildman–Crippen MR) is 66.2 cm³/mol. The molecule has 0 atom stereocenters. The first-order chi connectivity index (χ1) is 8.24. The van der Waals surface area contributed by atoms with Crippen molar-refractivity contribution in [1.29, 1.82) is 0 Å². The molecule has 3 heteroatoms. The molecule has 0 radical (unpaired) electrons. The second-order valence-corrected chi connectivity index (χ2v) is 4.75. The van der Waals surface area contributed by atoms with Crippen molar-refractivity contribution in [3.63, 3.8) is 0 Å². The normalized spacial score (nSPS) is 14.9. The Labute approximate surface area is 104 Å². The minimum absolute atomic E-state index is 0.130. The van der Waals surface area contributed by atoms with E-state index in [1.54, 1.807) is 6.07 Å². The molecule has 1 fully saturated rings. The van der Waals surface area contributed by atoms with Gasteiger partial charge in [0.05, 0.1) is 0 Å². The monoisotopic (exact) mass is 246 g/mol. The number of carbonyl (C=O) groups is 1. The fraction of sp³-hybridized carbons (Fsp3) is 0.214. The molecular weight excluding hydrogens is 236 g/mol. The molecule has 1 heterocycles. The van der Waals surface area contributed by atoms with Gasteiger partial charge in [-0.3, -0.25) is 4.79 Å². The number of hydrogen-bond acceptors (Lipinski definition) is 2. The van der Waals surface area contributed by atoms with Crippen LogP contribution in [0.1, 0.15) is 23.4 Å². The molecule has 1 aromatic carbocycles. The molecule has 0 aliphatic heterocycles. The van der Waals surface area contributed by atoms with E-state index in [9.17, 15) is 4.79 Å². The summed E-state index contributed by atoms with van der Waals surface area (Å²) in [5.41, 5.74) is 0.934. The van der Waals surface area contributed by atoms with Crippen LogP contribution >= 0.6 is 11.6 Å². The number of benzene rings is 1. The maximum absolute atomic E-state index is 11.8. The van der Waals surface area contributed by atoms with Crippen molar-refractivity contribution in [3.05, 3.63) is 47.2 Å². The Balaban J connectivity index is 1.88. The van der Waals surface area contributed by atoms with Gasteiger partial charge in [-0.05, 0) is 49.2 Å². The van der Waals surface area contributed by atoms with Crippen molar-refractivity contribution in [2.24, 2.45) is 5.92 Å². The summed E-state index contributed by atoms with van der Waals surface area (Å²) in [6, 6.07) is 11.0. The van der Waals surface area contributed by atoms with E-state index in [2.05, 4.69) is 0 Å². The smallest absolute Gasteiger partial charge is 0.201 e. The van der Waals surface area contributed by atoms with Gasteiger partial charge in [0.2, 0.25) is 5.78 Å². The van der Waals surface area contributed by atoms with Gasteiger partial charge in [-0.2, -0.15) is 0 Å². The van der Waals surface area contributed by atoms with E-state index in [0.29, 0.717) is 16.5 Å². The maximum Gasteiger partial charge on any atom is 0.201 e. The van der Waals surface area contributed by atoms with Gasteiger partial charge in [0, 0.05) is 16.5 Å². The number of carbonyl (C=O) groups excluding carboxylic acids is 1. The third-order valence-electron chi connectivity index (χ3n) is 2.93. The van der Waals surface area contributed by atoms with Gasteiger partial charge in [-0.15, -0.1) is 0 Å². The van der Waals surface area contributed by atoms with Crippen LogP contribution in [0.2, 0.25) is 5.02 Å². The highest BCUT2D eigenvalue weighted by molar-refractivity contribution is 6.30. The molecule has 0 bridgehead atoms. The van der Waals surface area contributed by atoms with Gasteiger partial charge in [0.15, 0.2) is 5.76 Å². The molecule has 0 spiro atoms. The fourth-order valence-corrected chi connectivity index (χ4v) is 1.91. The maximum atomic E-state index is 11.8. The average molecular weight is 247 g/mol. The summed E-state index contributed by atoms with van der Waals surface area (Å²) >= 11 is 5.82. The molecule has 0 saturated heterocycles. The van der Waals surface area contributed by atoms with Crippen LogP contribution in [-0.4, -0.2) is 5.78 Å². The van der Waals surface area contributed by atoms with E-state index in [4.69, 9.17) is 16.0 Å². The average Bonchev–Trinajstić information content (AvgIpc) is 3.07. The lowest BCUT2D eigenvalue weighted by atomic mass is 10.2. The number of rotatable bonds is 3. The highest BCUT2D eigenvalue weighted by atomic mass is 35.5. The molecule has 1 aliphatic rings. The summed E-state index contributed by atoms with van der Waals surface area (Å²) in [4.78, 5) is 11.8. The first kappa shape index (κ1) is 10.6. The standard InChI is InChI=1S/C14H11ClO2/c15-11-5-3-9(4-6-11)12-7-8-13(17-12)14(16)10-1-2-10/h3-8,10H,1-2H2. The lowest BCUT2D eigenvalue weighted by molar-refractivity contribution is 0.0941. The van der Waals surface area contributed by atoms with Crippen molar-refractivity contribution in [1.82, 2.24) is 0 Å². The predicted octanol–water partition coefficient (Wildman–Crippen LogP) is 4.19. The number of Topliss-reactive ketones (excluding diaryl/α,β-unsaturated/α-hetero) is 1. The number of furan rings is 1. The summed E-state index contributed by atoms with van der Waals surface area (Å²) in [7, 11) is 0. The van der Waals surface area contributed by atoms with Crippen LogP contribution in [0.25, 0.3) is 11.3 Å². The van der Waals surface area contributed by atoms with E-state index in [1.165, 1.54) is 0 Å². The molecule has 2 aromatic rings. The molecule has 3 rings (SSSR count).